The van der Waals surface area contributed by atoms with Crippen molar-refractivity contribution in [2.24, 2.45) is 0 Å². The summed E-state index contributed by atoms with van der Waals surface area (Å²) in [5, 5.41) is 3.45. The van der Waals surface area contributed by atoms with Gasteiger partial charge in [-0.05, 0) is 43.7 Å². The highest BCUT2D eigenvalue weighted by Gasteiger charge is 2.18. The van der Waals surface area contributed by atoms with Gasteiger partial charge in [0.15, 0.2) is 0 Å². The van der Waals surface area contributed by atoms with Gasteiger partial charge in [0.25, 0.3) is 0 Å². The van der Waals surface area contributed by atoms with E-state index < -0.39 is 0 Å². The summed E-state index contributed by atoms with van der Waals surface area (Å²) >= 11 is 1.92. The average Bonchev–Trinajstić information content (AvgIpc) is 2.61. The van der Waals surface area contributed by atoms with Gasteiger partial charge in [0.1, 0.15) is 0 Å². The van der Waals surface area contributed by atoms with Crippen LogP contribution in [0.4, 0.5) is 0 Å². The lowest BCUT2D eigenvalue weighted by molar-refractivity contribution is 0.530. The number of aryl methyl sites for hydroxylation is 2. The summed E-state index contributed by atoms with van der Waals surface area (Å²) in [6.07, 6.45) is 12.1. The molecule has 0 saturated heterocycles. The average molecular weight is 238 g/mol. The van der Waals surface area contributed by atoms with Gasteiger partial charge in [0, 0.05) is 30.7 Å². The Hall–Kier alpha value is -0.410. The molecule has 0 aliphatic heterocycles. The van der Waals surface area contributed by atoms with Crippen LogP contribution in [0.25, 0.3) is 0 Å². The molecule has 1 N–H and O–H groups in total. The van der Waals surface area contributed by atoms with Crippen molar-refractivity contribution in [2.45, 2.75) is 38.3 Å². The smallest absolute Gasteiger partial charge is 0.0335 e. The first-order valence-electron chi connectivity index (χ1n) is 6.20. The molecule has 0 amide bonds. The van der Waals surface area contributed by atoms with Crippen molar-refractivity contribution in [3.63, 3.8) is 0 Å². The summed E-state index contributed by atoms with van der Waals surface area (Å²) in [7, 11) is 2.08. The fraction of sp³-hybridized carbons (Fsp3) is 0.692. The lowest BCUT2D eigenvalue weighted by Crippen LogP contribution is -2.15. The van der Waals surface area contributed by atoms with Gasteiger partial charge in [-0.1, -0.05) is 6.42 Å². The van der Waals surface area contributed by atoms with Gasteiger partial charge >= 0.3 is 0 Å². The van der Waals surface area contributed by atoms with Gasteiger partial charge in [-0.15, -0.1) is 0 Å². The van der Waals surface area contributed by atoms with E-state index in [0.29, 0.717) is 6.04 Å². The SMILES string of the molecule is CNC1CCCCc2cn(CCSC)cc21. The molecule has 1 heterocycles. The predicted octanol–water partition coefficient (Wildman–Crippen LogP) is 2.84. The van der Waals surface area contributed by atoms with Crippen molar-refractivity contribution in [1.82, 2.24) is 9.88 Å². The molecule has 0 spiro atoms. The third-order valence-electron chi connectivity index (χ3n) is 3.46. The maximum absolute atomic E-state index is 3.45. The van der Waals surface area contributed by atoms with Gasteiger partial charge < -0.3 is 9.88 Å². The standard InChI is InChI=1S/C13H22N2S/c1-14-13-6-4-3-5-11-9-15(7-8-16-2)10-12(11)13/h9-10,13-14H,3-8H2,1-2H3. The molecule has 0 aromatic carbocycles. The minimum Gasteiger partial charge on any atom is -0.353 e. The lowest BCUT2D eigenvalue weighted by Gasteiger charge is -2.13. The molecular formula is C13H22N2S. The highest BCUT2D eigenvalue weighted by Crippen LogP contribution is 2.29. The second-order valence-electron chi connectivity index (χ2n) is 4.56. The van der Waals surface area contributed by atoms with Crippen LogP contribution in [0, 0.1) is 0 Å². The Labute approximate surface area is 103 Å². The Balaban J connectivity index is 2.16. The molecule has 2 nitrogen and oxygen atoms in total. The molecule has 1 unspecified atom stereocenters. The van der Waals surface area contributed by atoms with Gasteiger partial charge in [0.05, 0.1) is 0 Å². The lowest BCUT2D eigenvalue weighted by atomic mass is 10.1. The van der Waals surface area contributed by atoms with E-state index in [1.807, 2.05) is 11.8 Å². The predicted molar refractivity (Wildman–Crippen MR) is 72.2 cm³/mol. The number of nitrogens with one attached hydrogen (secondary N) is 1. The number of hydrogen-bond acceptors (Lipinski definition) is 2. The third-order valence-corrected chi connectivity index (χ3v) is 4.05. The number of fused-ring (bicyclic) bond motifs is 1. The van der Waals surface area contributed by atoms with E-state index in [1.54, 1.807) is 11.1 Å². The molecule has 1 aromatic rings. The number of hydrogen-bond donors (Lipinski definition) is 1. The molecule has 90 valence electrons. The van der Waals surface area contributed by atoms with E-state index in [-0.39, 0.29) is 0 Å². The summed E-state index contributed by atoms with van der Waals surface area (Å²) in [6.45, 7) is 1.14. The maximum Gasteiger partial charge on any atom is 0.0335 e. The maximum atomic E-state index is 3.45. The Morgan fingerprint density at radius 1 is 1.44 bits per heavy atom. The summed E-state index contributed by atoms with van der Waals surface area (Å²) in [5.74, 6) is 1.21. The van der Waals surface area contributed by atoms with Crippen molar-refractivity contribution >= 4 is 11.8 Å². The largest absolute Gasteiger partial charge is 0.353 e. The van der Waals surface area contributed by atoms with E-state index in [1.165, 1.54) is 31.4 Å². The second-order valence-corrected chi connectivity index (χ2v) is 5.54. The topological polar surface area (TPSA) is 17.0 Å². The Bertz CT molecular complexity index is 333. The molecule has 1 aliphatic rings. The Morgan fingerprint density at radius 3 is 3.06 bits per heavy atom. The Morgan fingerprint density at radius 2 is 2.31 bits per heavy atom. The van der Waals surface area contributed by atoms with Crippen molar-refractivity contribution in [2.75, 3.05) is 19.1 Å². The van der Waals surface area contributed by atoms with E-state index in [0.717, 1.165) is 6.54 Å². The molecule has 0 radical (unpaired) electrons. The second kappa shape index (κ2) is 5.78. The van der Waals surface area contributed by atoms with E-state index in [9.17, 15) is 0 Å². The number of nitrogens with zero attached hydrogens (tertiary/aromatic N) is 1. The Kier molecular flexibility index (Phi) is 4.36. The van der Waals surface area contributed by atoms with Crippen LogP contribution in [0.1, 0.15) is 36.4 Å². The third kappa shape index (κ3) is 2.64. The van der Waals surface area contributed by atoms with Gasteiger partial charge in [-0.25, -0.2) is 0 Å². The molecule has 0 fully saturated rings. The van der Waals surface area contributed by atoms with Crippen LogP contribution < -0.4 is 5.32 Å². The van der Waals surface area contributed by atoms with Crippen LogP contribution in [-0.2, 0) is 13.0 Å². The minimum atomic E-state index is 0.577. The highest BCUT2D eigenvalue weighted by atomic mass is 32.2. The molecule has 16 heavy (non-hydrogen) atoms. The minimum absolute atomic E-state index is 0.577. The van der Waals surface area contributed by atoms with Crippen LogP contribution in [0.3, 0.4) is 0 Å². The van der Waals surface area contributed by atoms with Crippen LogP contribution >= 0.6 is 11.8 Å². The van der Waals surface area contributed by atoms with Crippen LogP contribution in [0.2, 0.25) is 0 Å². The number of aromatic nitrogens is 1. The van der Waals surface area contributed by atoms with E-state index >= 15 is 0 Å². The van der Waals surface area contributed by atoms with Crippen molar-refractivity contribution in [1.29, 1.82) is 0 Å². The fourth-order valence-corrected chi connectivity index (χ4v) is 2.93. The quantitative estimate of drug-likeness (QED) is 0.812. The van der Waals surface area contributed by atoms with Crippen LogP contribution in [-0.4, -0.2) is 23.6 Å². The fourth-order valence-electron chi connectivity index (χ4n) is 2.54. The van der Waals surface area contributed by atoms with Crippen LogP contribution in [0.15, 0.2) is 12.4 Å². The zero-order valence-corrected chi connectivity index (χ0v) is 11.1. The number of rotatable bonds is 4. The summed E-state index contributed by atoms with van der Waals surface area (Å²) in [5.41, 5.74) is 3.11. The van der Waals surface area contributed by atoms with Gasteiger partial charge in [0.2, 0.25) is 0 Å². The van der Waals surface area contributed by atoms with Gasteiger partial charge in [-0.2, -0.15) is 11.8 Å². The van der Waals surface area contributed by atoms with Crippen molar-refractivity contribution in [3.05, 3.63) is 23.5 Å². The highest BCUT2D eigenvalue weighted by molar-refractivity contribution is 7.98. The zero-order chi connectivity index (χ0) is 11.4. The van der Waals surface area contributed by atoms with Gasteiger partial charge in [-0.3, -0.25) is 0 Å². The summed E-state index contributed by atoms with van der Waals surface area (Å²) < 4.78 is 2.37. The van der Waals surface area contributed by atoms with Crippen LogP contribution in [0.5, 0.6) is 0 Å². The normalized spacial score (nSPS) is 20.5. The molecule has 0 bridgehead atoms. The van der Waals surface area contributed by atoms with Crippen molar-refractivity contribution in [3.8, 4) is 0 Å². The van der Waals surface area contributed by atoms with Crippen molar-refractivity contribution < 1.29 is 0 Å². The monoisotopic (exact) mass is 238 g/mol. The summed E-state index contributed by atoms with van der Waals surface area (Å²) in [6, 6.07) is 0.577. The first-order chi connectivity index (χ1) is 7.85. The molecule has 1 atom stereocenters. The molecule has 3 heteroatoms. The van der Waals surface area contributed by atoms with E-state index in [4.69, 9.17) is 0 Å². The zero-order valence-electron chi connectivity index (χ0n) is 10.3. The molecule has 0 saturated carbocycles. The summed E-state index contributed by atoms with van der Waals surface area (Å²) in [4.78, 5) is 0. The number of thioether (sulfide) groups is 1. The first-order valence-corrected chi connectivity index (χ1v) is 7.59. The molecule has 2 rings (SSSR count). The van der Waals surface area contributed by atoms with E-state index in [2.05, 4.69) is 35.6 Å². The first kappa shape index (κ1) is 12.1. The molecule has 1 aromatic heterocycles. The molecular weight excluding hydrogens is 216 g/mol. The molecule has 1 aliphatic carbocycles.